The van der Waals surface area contributed by atoms with Crippen LogP contribution in [0.4, 0.5) is 0 Å². The van der Waals surface area contributed by atoms with Gasteiger partial charge in [0.15, 0.2) is 5.82 Å². The summed E-state index contributed by atoms with van der Waals surface area (Å²) in [6.07, 6.45) is 0. The summed E-state index contributed by atoms with van der Waals surface area (Å²) < 4.78 is 0. The average molecular weight is 251 g/mol. The molecule has 0 bridgehead atoms. The van der Waals surface area contributed by atoms with Crippen LogP contribution in [-0.4, -0.2) is 26.1 Å². The Hall–Kier alpha value is -2.15. The minimum atomic E-state index is -0.335. The molecule has 0 radical (unpaired) electrons. The number of rotatable bonds is 3. The van der Waals surface area contributed by atoms with Crippen LogP contribution < -0.4 is 5.32 Å². The Morgan fingerprint density at radius 1 is 1.35 bits per heavy atom. The van der Waals surface area contributed by atoms with Crippen molar-refractivity contribution in [2.24, 2.45) is 0 Å². The van der Waals surface area contributed by atoms with Crippen LogP contribution in [0.2, 0.25) is 0 Å². The molecule has 0 fully saturated rings. The van der Waals surface area contributed by atoms with Crippen molar-refractivity contribution in [1.29, 1.82) is 0 Å². The molecule has 0 spiro atoms. The Morgan fingerprint density at radius 3 is 2.65 bits per heavy atom. The normalized spacial score (nSPS) is 10.1. The monoisotopic (exact) mass is 251 g/mol. The number of carbonyl (C=O) groups excluding carboxylic acids is 1. The molecule has 2 heterocycles. The van der Waals surface area contributed by atoms with Crippen molar-refractivity contribution in [3.05, 3.63) is 34.3 Å². The summed E-state index contributed by atoms with van der Waals surface area (Å²) in [6, 6.07) is 4.49. The van der Waals surface area contributed by atoms with Crippen LogP contribution in [0, 0.1) is 0 Å². The number of hydrogen-bond acceptors (Lipinski definition) is 6. The van der Waals surface area contributed by atoms with Gasteiger partial charge in [-0.2, -0.15) is 9.97 Å². The SMILES string of the molecule is O=C(NCc1nc(O)cc(O)n1)c1cccs1. The number of thiophene rings is 1. The third kappa shape index (κ3) is 2.91. The van der Waals surface area contributed by atoms with E-state index in [4.69, 9.17) is 10.2 Å². The Kier molecular flexibility index (Phi) is 3.20. The lowest BCUT2D eigenvalue weighted by atomic mass is 10.4. The van der Waals surface area contributed by atoms with Crippen molar-refractivity contribution in [1.82, 2.24) is 15.3 Å². The van der Waals surface area contributed by atoms with Gasteiger partial charge in [-0.3, -0.25) is 4.79 Å². The molecule has 0 aliphatic carbocycles. The Balaban J connectivity index is 2.00. The summed E-state index contributed by atoms with van der Waals surface area (Å²) in [5.74, 6) is -0.769. The lowest BCUT2D eigenvalue weighted by Gasteiger charge is -2.03. The number of carbonyl (C=O) groups is 1. The average Bonchev–Trinajstić information content (AvgIpc) is 2.78. The van der Waals surface area contributed by atoms with E-state index in [-0.39, 0.29) is 30.0 Å². The fourth-order valence-electron chi connectivity index (χ4n) is 1.20. The van der Waals surface area contributed by atoms with Crippen LogP contribution in [0.1, 0.15) is 15.5 Å². The third-order valence-electron chi connectivity index (χ3n) is 1.90. The summed E-state index contributed by atoms with van der Waals surface area (Å²) in [4.78, 5) is 19.5. The maximum absolute atomic E-state index is 11.6. The van der Waals surface area contributed by atoms with Gasteiger partial charge in [0.05, 0.1) is 17.5 Å². The molecule has 3 N–H and O–H groups in total. The Morgan fingerprint density at radius 2 is 2.06 bits per heavy atom. The summed E-state index contributed by atoms with van der Waals surface area (Å²) >= 11 is 1.32. The van der Waals surface area contributed by atoms with Gasteiger partial charge in [0, 0.05) is 0 Å². The second-order valence-corrected chi connectivity index (χ2v) is 4.11. The van der Waals surface area contributed by atoms with Gasteiger partial charge in [-0.05, 0) is 11.4 Å². The van der Waals surface area contributed by atoms with Crippen LogP contribution in [-0.2, 0) is 6.54 Å². The van der Waals surface area contributed by atoms with E-state index >= 15 is 0 Å². The first-order valence-corrected chi connectivity index (χ1v) is 5.61. The van der Waals surface area contributed by atoms with Gasteiger partial charge < -0.3 is 15.5 Å². The molecule has 2 aromatic rings. The Labute approximate surface area is 101 Å². The molecule has 7 heteroatoms. The molecule has 2 rings (SSSR count). The molecule has 0 aromatic carbocycles. The number of amides is 1. The number of nitrogens with zero attached hydrogens (tertiary/aromatic N) is 2. The first kappa shape index (κ1) is 11.3. The van der Waals surface area contributed by atoms with E-state index in [1.807, 2.05) is 0 Å². The van der Waals surface area contributed by atoms with Crippen LogP contribution in [0.15, 0.2) is 23.6 Å². The number of aromatic hydroxyl groups is 2. The topological polar surface area (TPSA) is 95.3 Å². The summed E-state index contributed by atoms with van der Waals surface area (Å²) in [5, 5.41) is 22.6. The molecular weight excluding hydrogens is 242 g/mol. The molecule has 2 aromatic heterocycles. The molecule has 6 nitrogen and oxygen atoms in total. The maximum Gasteiger partial charge on any atom is 0.261 e. The van der Waals surface area contributed by atoms with Gasteiger partial charge >= 0.3 is 0 Å². The molecule has 1 amide bonds. The zero-order valence-electron chi connectivity index (χ0n) is 8.62. The number of aromatic nitrogens is 2. The van der Waals surface area contributed by atoms with Crippen molar-refractivity contribution >= 4 is 17.2 Å². The Bertz CT molecular complexity index is 507. The highest BCUT2D eigenvalue weighted by Crippen LogP contribution is 2.12. The standard InChI is InChI=1S/C10H9N3O3S/c14-8-4-9(15)13-7(12-8)5-11-10(16)6-2-1-3-17-6/h1-4H,5H2,(H,11,16)(H2,12,13,14,15). The quantitative estimate of drug-likeness (QED) is 0.752. The fraction of sp³-hybridized carbons (Fsp3) is 0.100. The van der Waals surface area contributed by atoms with E-state index < -0.39 is 0 Å². The van der Waals surface area contributed by atoms with Crippen LogP contribution in [0.3, 0.4) is 0 Å². The van der Waals surface area contributed by atoms with E-state index in [9.17, 15) is 4.79 Å². The highest BCUT2D eigenvalue weighted by atomic mass is 32.1. The van der Waals surface area contributed by atoms with Gasteiger partial charge in [-0.15, -0.1) is 11.3 Å². The van der Waals surface area contributed by atoms with Crippen molar-refractivity contribution in [2.45, 2.75) is 6.54 Å². The molecule has 0 unspecified atom stereocenters. The van der Waals surface area contributed by atoms with Gasteiger partial charge in [-0.25, -0.2) is 0 Å². The van der Waals surface area contributed by atoms with Crippen molar-refractivity contribution < 1.29 is 15.0 Å². The molecule has 88 valence electrons. The smallest absolute Gasteiger partial charge is 0.261 e. The predicted molar refractivity (Wildman–Crippen MR) is 60.9 cm³/mol. The van der Waals surface area contributed by atoms with Gasteiger partial charge in [0.25, 0.3) is 5.91 Å². The minimum absolute atomic E-state index is 0.0404. The molecular formula is C10H9N3O3S. The lowest BCUT2D eigenvalue weighted by Crippen LogP contribution is -2.22. The summed E-state index contributed by atoms with van der Waals surface area (Å²) in [5.41, 5.74) is 0. The zero-order valence-corrected chi connectivity index (χ0v) is 9.44. The van der Waals surface area contributed by atoms with Gasteiger partial charge in [-0.1, -0.05) is 6.07 Å². The molecule has 0 atom stereocenters. The van der Waals surface area contributed by atoms with Crippen LogP contribution in [0.5, 0.6) is 11.8 Å². The van der Waals surface area contributed by atoms with E-state index in [2.05, 4.69) is 15.3 Å². The number of hydrogen-bond donors (Lipinski definition) is 3. The maximum atomic E-state index is 11.6. The van der Waals surface area contributed by atoms with Crippen molar-refractivity contribution in [2.75, 3.05) is 0 Å². The highest BCUT2D eigenvalue weighted by Gasteiger charge is 2.08. The van der Waals surface area contributed by atoms with E-state index in [1.165, 1.54) is 11.3 Å². The summed E-state index contributed by atoms with van der Waals surface area (Å²) in [7, 11) is 0. The zero-order chi connectivity index (χ0) is 12.3. The molecule has 0 saturated heterocycles. The minimum Gasteiger partial charge on any atom is -0.493 e. The lowest BCUT2D eigenvalue weighted by molar-refractivity contribution is 0.0953. The van der Waals surface area contributed by atoms with Crippen LogP contribution in [0.25, 0.3) is 0 Å². The fourth-order valence-corrected chi connectivity index (χ4v) is 1.84. The van der Waals surface area contributed by atoms with E-state index in [0.717, 1.165) is 6.07 Å². The van der Waals surface area contributed by atoms with Gasteiger partial charge in [0.1, 0.15) is 0 Å². The molecule has 0 saturated carbocycles. The molecule has 0 aliphatic heterocycles. The number of nitrogens with one attached hydrogen (secondary N) is 1. The highest BCUT2D eigenvalue weighted by molar-refractivity contribution is 7.12. The second kappa shape index (κ2) is 4.79. The largest absolute Gasteiger partial charge is 0.493 e. The van der Waals surface area contributed by atoms with E-state index in [1.54, 1.807) is 17.5 Å². The first-order chi connectivity index (χ1) is 8.15. The van der Waals surface area contributed by atoms with Crippen LogP contribution >= 0.6 is 11.3 Å². The predicted octanol–water partition coefficient (Wildman–Crippen LogP) is 0.879. The van der Waals surface area contributed by atoms with E-state index in [0.29, 0.717) is 4.88 Å². The third-order valence-corrected chi connectivity index (χ3v) is 2.77. The second-order valence-electron chi connectivity index (χ2n) is 3.16. The van der Waals surface area contributed by atoms with Gasteiger partial charge in [0.2, 0.25) is 11.8 Å². The van der Waals surface area contributed by atoms with Crippen molar-refractivity contribution in [3.63, 3.8) is 0 Å². The first-order valence-electron chi connectivity index (χ1n) is 4.73. The summed E-state index contributed by atoms with van der Waals surface area (Å²) in [6.45, 7) is 0.0404. The molecule has 17 heavy (non-hydrogen) atoms. The molecule has 0 aliphatic rings. The van der Waals surface area contributed by atoms with Crippen molar-refractivity contribution in [3.8, 4) is 11.8 Å².